The molecule has 0 aromatic heterocycles. The monoisotopic (exact) mass is 349 g/mol. The fourth-order valence-electron chi connectivity index (χ4n) is 1.79. The maximum atomic E-state index is 12.6. The maximum absolute atomic E-state index is 12.6. The molecule has 2 aromatic rings. The maximum Gasteiger partial charge on any atom is 0.416 e. The van der Waals surface area contributed by atoms with E-state index in [0.29, 0.717) is 0 Å². The Balaban J connectivity index is 2.37. The third-order valence-electron chi connectivity index (χ3n) is 2.82. The largest absolute Gasteiger partial charge is 0.416 e. The van der Waals surface area contributed by atoms with Crippen molar-refractivity contribution in [3.8, 4) is 0 Å². The number of sulfonamides is 1. The van der Waals surface area contributed by atoms with Crippen molar-refractivity contribution < 1.29 is 21.6 Å². The molecular weight excluding hydrogens is 339 g/mol. The van der Waals surface area contributed by atoms with Crippen molar-refractivity contribution in [2.24, 2.45) is 0 Å². The molecule has 8 heteroatoms. The highest BCUT2D eigenvalue weighted by Crippen LogP contribution is 2.31. The molecule has 0 fully saturated rings. The molecule has 0 aliphatic heterocycles. The minimum absolute atomic E-state index is 0.000485. The molecule has 3 nitrogen and oxygen atoms in total. The Morgan fingerprint density at radius 1 is 1.09 bits per heavy atom. The second-order valence-corrected chi connectivity index (χ2v) is 6.68. The zero-order chi connectivity index (χ0) is 16.5. The number of halogens is 4. The van der Waals surface area contributed by atoms with Crippen LogP contribution in [0.15, 0.2) is 47.4 Å². The third kappa shape index (κ3) is 3.72. The van der Waals surface area contributed by atoms with E-state index < -0.39 is 21.8 Å². The number of hydrogen-bond donors (Lipinski definition) is 1. The summed E-state index contributed by atoms with van der Waals surface area (Å²) in [6.45, 7) is 1.74. The lowest BCUT2D eigenvalue weighted by atomic mass is 10.2. The van der Waals surface area contributed by atoms with Crippen LogP contribution >= 0.6 is 11.6 Å². The van der Waals surface area contributed by atoms with E-state index in [4.69, 9.17) is 11.6 Å². The highest BCUT2D eigenvalue weighted by molar-refractivity contribution is 7.92. The number of anilines is 1. The molecule has 0 saturated carbocycles. The van der Waals surface area contributed by atoms with E-state index in [2.05, 4.69) is 4.72 Å². The van der Waals surface area contributed by atoms with Gasteiger partial charge in [-0.15, -0.1) is 0 Å². The first-order chi connectivity index (χ1) is 10.1. The Kier molecular flexibility index (Phi) is 4.39. The molecule has 0 aliphatic carbocycles. The van der Waals surface area contributed by atoms with Gasteiger partial charge in [-0.3, -0.25) is 4.72 Å². The standard InChI is InChI=1S/C14H11ClF3NO2S/c1-9-5-6-13(12(15)7-9)22(20,21)19-11-4-2-3-10(8-11)14(16,17)18/h2-8,19H,1H3. The average molecular weight is 350 g/mol. The van der Waals surface area contributed by atoms with Crippen LogP contribution < -0.4 is 4.72 Å². The Bertz CT molecular complexity index is 804. The third-order valence-corrected chi connectivity index (χ3v) is 4.68. The van der Waals surface area contributed by atoms with E-state index in [1.54, 1.807) is 13.0 Å². The number of aryl methyl sites for hydroxylation is 1. The molecule has 0 saturated heterocycles. The van der Waals surface area contributed by atoms with Crippen molar-refractivity contribution in [2.45, 2.75) is 18.0 Å². The summed E-state index contributed by atoms with van der Waals surface area (Å²) in [4.78, 5) is -0.197. The van der Waals surface area contributed by atoms with Crippen molar-refractivity contribution in [1.82, 2.24) is 0 Å². The number of hydrogen-bond acceptors (Lipinski definition) is 2. The number of rotatable bonds is 3. The first-order valence-corrected chi connectivity index (χ1v) is 7.92. The van der Waals surface area contributed by atoms with Gasteiger partial charge in [0, 0.05) is 5.69 Å². The summed E-state index contributed by atoms with van der Waals surface area (Å²) in [5.74, 6) is 0. The molecule has 118 valence electrons. The fourth-order valence-corrected chi connectivity index (χ4v) is 3.44. The smallest absolute Gasteiger partial charge is 0.280 e. The van der Waals surface area contributed by atoms with E-state index in [1.165, 1.54) is 18.2 Å². The fraction of sp³-hybridized carbons (Fsp3) is 0.143. The van der Waals surface area contributed by atoms with Crippen molar-refractivity contribution in [2.75, 3.05) is 4.72 Å². The van der Waals surface area contributed by atoms with Gasteiger partial charge in [0.05, 0.1) is 10.6 Å². The van der Waals surface area contributed by atoms with Crippen LogP contribution in [-0.2, 0) is 16.2 Å². The molecule has 0 atom stereocenters. The van der Waals surface area contributed by atoms with Gasteiger partial charge in [-0.05, 0) is 42.8 Å². The molecule has 0 aliphatic rings. The highest BCUT2D eigenvalue weighted by Gasteiger charge is 2.30. The van der Waals surface area contributed by atoms with Crippen LogP contribution in [0.1, 0.15) is 11.1 Å². The molecule has 22 heavy (non-hydrogen) atoms. The minimum Gasteiger partial charge on any atom is -0.280 e. The van der Waals surface area contributed by atoms with E-state index in [0.717, 1.165) is 23.8 Å². The van der Waals surface area contributed by atoms with Gasteiger partial charge in [-0.2, -0.15) is 13.2 Å². The molecule has 2 rings (SSSR count). The van der Waals surface area contributed by atoms with E-state index >= 15 is 0 Å². The molecule has 0 spiro atoms. The van der Waals surface area contributed by atoms with Crippen molar-refractivity contribution in [3.63, 3.8) is 0 Å². The Labute approximate surface area is 130 Å². The second-order valence-electron chi connectivity index (χ2n) is 4.62. The van der Waals surface area contributed by atoms with Gasteiger partial charge >= 0.3 is 6.18 Å². The average Bonchev–Trinajstić information content (AvgIpc) is 2.36. The van der Waals surface area contributed by atoms with Gasteiger partial charge in [0.15, 0.2) is 0 Å². The van der Waals surface area contributed by atoms with Gasteiger partial charge in [0.1, 0.15) is 4.90 Å². The quantitative estimate of drug-likeness (QED) is 0.888. The zero-order valence-corrected chi connectivity index (χ0v) is 12.9. The van der Waals surface area contributed by atoms with Gasteiger partial charge in [-0.25, -0.2) is 8.42 Å². The zero-order valence-electron chi connectivity index (χ0n) is 11.3. The minimum atomic E-state index is -4.55. The molecule has 0 amide bonds. The molecule has 1 N–H and O–H groups in total. The van der Waals surface area contributed by atoms with Crippen molar-refractivity contribution in [3.05, 3.63) is 58.6 Å². The van der Waals surface area contributed by atoms with Gasteiger partial charge in [0.25, 0.3) is 10.0 Å². The summed E-state index contributed by atoms with van der Waals surface area (Å²) < 4.78 is 64.4. The van der Waals surface area contributed by atoms with Crippen LogP contribution in [0.5, 0.6) is 0 Å². The molecular formula is C14H11ClF3NO2S. The number of nitrogens with one attached hydrogen (secondary N) is 1. The summed E-state index contributed by atoms with van der Waals surface area (Å²) in [7, 11) is -4.07. The van der Waals surface area contributed by atoms with E-state index in [-0.39, 0.29) is 15.6 Å². The Morgan fingerprint density at radius 2 is 1.77 bits per heavy atom. The normalized spacial score (nSPS) is 12.2. The van der Waals surface area contributed by atoms with Crippen LogP contribution in [0.3, 0.4) is 0 Å². The first-order valence-electron chi connectivity index (χ1n) is 6.06. The molecule has 0 bridgehead atoms. The number of alkyl halides is 3. The van der Waals surface area contributed by atoms with Crippen LogP contribution in [0.2, 0.25) is 5.02 Å². The first kappa shape index (κ1) is 16.6. The SMILES string of the molecule is Cc1ccc(S(=O)(=O)Nc2cccc(C(F)(F)F)c2)c(Cl)c1. The summed E-state index contributed by atoms with van der Waals surface area (Å²) in [6, 6.07) is 8.24. The van der Waals surface area contributed by atoms with Crippen molar-refractivity contribution >= 4 is 27.3 Å². The van der Waals surface area contributed by atoms with Crippen LogP contribution in [-0.4, -0.2) is 8.42 Å². The summed E-state index contributed by atoms with van der Waals surface area (Å²) in [5, 5.41) is -0.000485. The second kappa shape index (κ2) is 5.81. The van der Waals surface area contributed by atoms with Gasteiger partial charge in [-0.1, -0.05) is 23.7 Å². The van der Waals surface area contributed by atoms with Crippen LogP contribution in [0.4, 0.5) is 18.9 Å². The lowest BCUT2D eigenvalue weighted by Gasteiger charge is -2.12. The van der Waals surface area contributed by atoms with Gasteiger partial charge in [0.2, 0.25) is 0 Å². The predicted molar refractivity (Wildman–Crippen MR) is 78.4 cm³/mol. The summed E-state index contributed by atoms with van der Waals surface area (Å²) in [5.41, 5.74) is -0.364. The Hall–Kier alpha value is -1.73. The molecule has 0 radical (unpaired) electrons. The molecule has 0 heterocycles. The highest BCUT2D eigenvalue weighted by atomic mass is 35.5. The molecule has 0 unspecified atom stereocenters. The summed E-state index contributed by atoms with van der Waals surface area (Å²) >= 11 is 5.88. The topological polar surface area (TPSA) is 46.2 Å². The van der Waals surface area contributed by atoms with E-state index in [9.17, 15) is 21.6 Å². The lowest BCUT2D eigenvalue weighted by Crippen LogP contribution is -2.14. The van der Waals surface area contributed by atoms with Gasteiger partial charge < -0.3 is 0 Å². The predicted octanol–water partition coefficient (Wildman–Crippen LogP) is 4.47. The molecule has 2 aromatic carbocycles. The van der Waals surface area contributed by atoms with Crippen LogP contribution in [0, 0.1) is 6.92 Å². The van der Waals surface area contributed by atoms with Crippen LogP contribution in [0.25, 0.3) is 0 Å². The Morgan fingerprint density at radius 3 is 2.36 bits per heavy atom. The van der Waals surface area contributed by atoms with Crippen molar-refractivity contribution in [1.29, 1.82) is 0 Å². The summed E-state index contributed by atoms with van der Waals surface area (Å²) in [6.07, 6.45) is -4.55. The van der Waals surface area contributed by atoms with E-state index in [1.807, 2.05) is 0 Å². The lowest BCUT2D eigenvalue weighted by molar-refractivity contribution is -0.137. The number of benzene rings is 2.